The van der Waals surface area contributed by atoms with Crippen LogP contribution < -0.4 is 16.4 Å². The monoisotopic (exact) mass is 234 g/mol. The van der Waals surface area contributed by atoms with E-state index in [1.54, 1.807) is 18.3 Å². The van der Waals surface area contributed by atoms with E-state index in [1.807, 2.05) is 11.9 Å². The number of nitrogens with two attached hydrogens (primary N) is 2. The number of primary amides is 1. The van der Waals surface area contributed by atoms with Crippen LogP contribution in [0.1, 0.15) is 23.2 Å². The van der Waals surface area contributed by atoms with Crippen molar-refractivity contribution in [3.8, 4) is 0 Å². The molecule has 1 atom stereocenters. The molecule has 1 saturated carbocycles. The van der Waals surface area contributed by atoms with Gasteiger partial charge in [0.05, 0.1) is 5.56 Å². The molecule has 1 aromatic heterocycles. The number of anilines is 1. The van der Waals surface area contributed by atoms with E-state index in [9.17, 15) is 4.79 Å². The number of hydrogen-bond donors (Lipinski definition) is 2. The van der Waals surface area contributed by atoms with Gasteiger partial charge in [0.2, 0.25) is 0 Å². The number of hydrogen-bond acceptors (Lipinski definition) is 4. The normalized spacial score (nSPS) is 16.6. The number of likely N-dealkylation sites (N-methyl/N-ethyl adjacent to an activating group) is 1. The van der Waals surface area contributed by atoms with E-state index in [4.69, 9.17) is 11.5 Å². The Morgan fingerprint density at radius 2 is 2.35 bits per heavy atom. The van der Waals surface area contributed by atoms with Gasteiger partial charge in [0.25, 0.3) is 5.91 Å². The quantitative estimate of drug-likeness (QED) is 0.770. The molecule has 5 heteroatoms. The Hall–Kier alpha value is -1.62. The molecular formula is C12H18N4O. The Balaban J connectivity index is 2.28. The Kier molecular flexibility index (Phi) is 3.28. The van der Waals surface area contributed by atoms with Crippen LogP contribution >= 0.6 is 0 Å². The molecule has 17 heavy (non-hydrogen) atoms. The predicted molar refractivity (Wildman–Crippen MR) is 66.7 cm³/mol. The first kappa shape index (κ1) is 11.9. The number of nitrogens with zero attached hydrogens (tertiary/aromatic N) is 2. The molecular weight excluding hydrogens is 216 g/mol. The molecule has 1 unspecified atom stereocenters. The second-order valence-electron chi connectivity index (χ2n) is 4.49. The summed E-state index contributed by atoms with van der Waals surface area (Å²) < 4.78 is 0. The minimum absolute atomic E-state index is 0.239. The van der Waals surface area contributed by atoms with Gasteiger partial charge < -0.3 is 16.4 Å². The molecule has 92 valence electrons. The average Bonchev–Trinajstić information content (AvgIpc) is 3.14. The Bertz CT molecular complexity index is 417. The summed E-state index contributed by atoms with van der Waals surface area (Å²) in [4.78, 5) is 17.6. The van der Waals surface area contributed by atoms with E-state index in [1.165, 1.54) is 12.8 Å². The van der Waals surface area contributed by atoms with E-state index in [-0.39, 0.29) is 6.04 Å². The lowest BCUT2D eigenvalue weighted by Gasteiger charge is -2.29. The van der Waals surface area contributed by atoms with E-state index in [0.29, 0.717) is 23.8 Å². The first-order chi connectivity index (χ1) is 8.15. The number of amides is 1. The van der Waals surface area contributed by atoms with Crippen molar-refractivity contribution >= 4 is 11.7 Å². The summed E-state index contributed by atoms with van der Waals surface area (Å²) in [7, 11) is 1.92. The molecule has 1 aliphatic carbocycles. The third-order valence-electron chi connectivity index (χ3n) is 3.29. The SMILES string of the molecule is CN(c1ncccc1C(N)=O)C(CN)C1CC1. The van der Waals surface area contributed by atoms with Crippen LogP contribution in [0.2, 0.25) is 0 Å². The molecule has 1 aromatic rings. The van der Waals surface area contributed by atoms with Crippen molar-refractivity contribution in [1.82, 2.24) is 4.98 Å². The summed E-state index contributed by atoms with van der Waals surface area (Å²) in [5.74, 6) is 0.793. The van der Waals surface area contributed by atoms with E-state index >= 15 is 0 Å². The van der Waals surface area contributed by atoms with E-state index in [2.05, 4.69) is 4.98 Å². The lowest BCUT2D eigenvalue weighted by Crippen LogP contribution is -2.41. The van der Waals surface area contributed by atoms with Crippen LogP contribution in [0.5, 0.6) is 0 Å². The fraction of sp³-hybridized carbons (Fsp3) is 0.500. The third-order valence-corrected chi connectivity index (χ3v) is 3.29. The molecule has 0 aromatic carbocycles. The van der Waals surface area contributed by atoms with Gasteiger partial charge in [-0.3, -0.25) is 4.79 Å². The highest BCUT2D eigenvalue weighted by Crippen LogP contribution is 2.36. The first-order valence-electron chi connectivity index (χ1n) is 5.83. The molecule has 1 aliphatic rings. The maximum Gasteiger partial charge on any atom is 0.252 e. The molecule has 1 heterocycles. The highest BCUT2D eigenvalue weighted by atomic mass is 16.1. The molecule has 0 bridgehead atoms. The van der Waals surface area contributed by atoms with Gasteiger partial charge in [-0.1, -0.05) is 0 Å². The highest BCUT2D eigenvalue weighted by Gasteiger charge is 2.34. The zero-order chi connectivity index (χ0) is 12.4. The topological polar surface area (TPSA) is 85.2 Å². The minimum Gasteiger partial charge on any atom is -0.365 e. The molecule has 5 nitrogen and oxygen atoms in total. The van der Waals surface area contributed by atoms with Gasteiger partial charge in [-0.05, 0) is 30.9 Å². The summed E-state index contributed by atoms with van der Waals surface area (Å²) in [6, 6.07) is 3.65. The number of carbonyl (C=O) groups is 1. The van der Waals surface area contributed by atoms with Crippen molar-refractivity contribution in [3.63, 3.8) is 0 Å². The number of aromatic nitrogens is 1. The van der Waals surface area contributed by atoms with Crippen molar-refractivity contribution in [2.45, 2.75) is 18.9 Å². The summed E-state index contributed by atoms with van der Waals surface area (Å²) in [5.41, 5.74) is 11.6. The second-order valence-corrected chi connectivity index (χ2v) is 4.49. The van der Waals surface area contributed by atoms with Crippen LogP contribution in [0.3, 0.4) is 0 Å². The average molecular weight is 234 g/mol. The van der Waals surface area contributed by atoms with Crippen molar-refractivity contribution in [3.05, 3.63) is 23.9 Å². The van der Waals surface area contributed by atoms with Crippen LogP contribution in [0.25, 0.3) is 0 Å². The molecule has 0 saturated heterocycles. The van der Waals surface area contributed by atoms with Gasteiger partial charge in [-0.25, -0.2) is 4.98 Å². The fourth-order valence-electron chi connectivity index (χ4n) is 2.18. The van der Waals surface area contributed by atoms with Crippen LogP contribution in [0.4, 0.5) is 5.82 Å². The largest absolute Gasteiger partial charge is 0.365 e. The zero-order valence-electron chi connectivity index (χ0n) is 9.97. The van der Waals surface area contributed by atoms with Crippen LogP contribution in [-0.2, 0) is 0 Å². The van der Waals surface area contributed by atoms with Crippen LogP contribution in [0.15, 0.2) is 18.3 Å². The summed E-state index contributed by atoms with van der Waals surface area (Å²) >= 11 is 0. The Morgan fingerprint density at radius 3 is 2.88 bits per heavy atom. The molecule has 2 rings (SSSR count). The molecule has 4 N–H and O–H groups in total. The van der Waals surface area contributed by atoms with Crippen molar-refractivity contribution in [2.75, 3.05) is 18.5 Å². The molecule has 1 fully saturated rings. The van der Waals surface area contributed by atoms with Gasteiger partial charge in [0.15, 0.2) is 0 Å². The molecule has 0 spiro atoms. The van der Waals surface area contributed by atoms with Gasteiger partial charge in [-0.15, -0.1) is 0 Å². The van der Waals surface area contributed by atoms with Crippen LogP contribution in [-0.4, -0.2) is 30.5 Å². The van der Waals surface area contributed by atoms with Gasteiger partial charge in [0.1, 0.15) is 5.82 Å². The van der Waals surface area contributed by atoms with Crippen LogP contribution in [0, 0.1) is 5.92 Å². The summed E-state index contributed by atoms with van der Waals surface area (Å²) in [6.45, 7) is 0.565. The first-order valence-corrected chi connectivity index (χ1v) is 5.83. The van der Waals surface area contributed by atoms with Crippen molar-refractivity contribution < 1.29 is 4.79 Å². The number of rotatable bonds is 5. The zero-order valence-corrected chi connectivity index (χ0v) is 9.97. The minimum atomic E-state index is -0.452. The second kappa shape index (κ2) is 4.71. The Morgan fingerprint density at radius 1 is 1.65 bits per heavy atom. The van der Waals surface area contributed by atoms with Gasteiger partial charge in [0, 0.05) is 25.8 Å². The van der Waals surface area contributed by atoms with Gasteiger partial charge >= 0.3 is 0 Å². The van der Waals surface area contributed by atoms with Gasteiger partial charge in [-0.2, -0.15) is 0 Å². The standard InChI is InChI=1S/C12H18N4O/c1-16(10(7-13)8-4-5-8)12-9(11(14)17)3-2-6-15-12/h2-3,6,8,10H,4-5,7,13H2,1H3,(H2,14,17). The third kappa shape index (κ3) is 2.39. The van der Waals surface area contributed by atoms with E-state index < -0.39 is 5.91 Å². The lowest BCUT2D eigenvalue weighted by molar-refractivity contribution is 0.100. The van der Waals surface area contributed by atoms with Crippen molar-refractivity contribution in [1.29, 1.82) is 0 Å². The maximum atomic E-state index is 11.3. The molecule has 0 aliphatic heterocycles. The summed E-state index contributed by atoms with van der Waals surface area (Å²) in [6.07, 6.45) is 4.06. The number of carbonyl (C=O) groups excluding carboxylic acids is 1. The number of pyridine rings is 1. The Labute approximate surface area is 101 Å². The lowest BCUT2D eigenvalue weighted by atomic mass is 10.1. The van der Waals surface area contributed by atoms with Crippen molar-refractivity contribution in [2.24, 2.45) is 17.4 Å². The molecule has 0 radical (unpaired) electrons. The smallest absolute Gasteiger partial charge is 0.252 e. The fourth-order valence-corrected chi connectivity index (χ4v) is 2.18. The highest BCUT2D eigenvalue weighted by molar-refractivity contribution is 5.97. The van der Waals surface area contributed by atoms with E-state index in [0.717, 1.165) is 0 Å². The predicted octanol–water partition coefficient (Wildman–Crippen LogP) is 0.354. The molecule has 1 amide bonds. The summed E-state index contributed by atoms with van der Waals surface area (Å²) in [5, 5.41) is 0. The maximum absolute atomic E-state index is 11.3.